The van der Waals surface area contributed by atoms with Crippen molar-refractivity contribution in [2.45, 2.75) is 38.8 Å². The highest BCUT2D eigenvalue weighted by molar-refractivity contribution is 6.10. The van der Waals surface area contributed by atoms with Gasteiger partial charge in [0, 0.05) is 29.3 Å². The number of H-pyrrole nitrogens is 1. The topological polar surface area (TPSA) is 69.2 Å². The summed E-state index contributed by atoms with van der Waals surface area (Å²) in [5.41, 5.74) is 5.13. The second-order valence-electron chi connectivity index (χ2n) is 8.45. The van der Waals surface area contributed by atoms with Crippen LogP contribution in [-0.4, -0.2) is 38.5 Å². The Bertz CT molecular complexity index is 1350. The van der Waals surface area contributed by atoms with E-state index < -0.39 is 17.7 Å². The molecule has 2 N–H and O–H groups in total. The lowest BCUT2D eigenvalue weighted by Gasteiger charge is -2.29. The van der Waals surface area contributed by atoms with Crippen molar-refractivity contribution in [3.05, 3.63) is 76.6 Å². The van der Waals surface area contributed by atoms with Crippen LogP contribution in [0.1, 0.15) is 35.9 Å². The van der Waals surface area contributed by atoms with Gasteiger partial charge < -0.3 is 15.0 Å². The average molecular weight is 435 g/mol. The van der Waals surface area contributed by atoms with E-state index in [2.05, 4.69) is 11.1 Å². The number of pyridine rings is 1. The number of nitrogens with one attached hydrogen (secondary N) is 1. The maximum Gasteiger partial charge on any atom is 0.225 e. The number of halogens is 2. The molecule has 0 aliphatic carbocycles. The quantitative estimate of drug-likeness (QED) is 0.504. The number of para-hydroxylation sites is 1. The Kier molecular flexibility index (Phi) is 5.13. The SMILES string of the molecule is CC(O)CC(=O)N1CCc2c(nc(Cc3ccc(F)c(F)c3)c3[nH]c4ccccc4c23)C1. The minimum atomic E-state index is -0.886. The standard InChI is InChI=1S/C25H23F2N3O2/c1-14(31)10-23(32)30-9-8-17-22(13-30)28-21(12-15-6-7-18(26)19(27)11-15)25-24(17)16-4-2-3-5-20(16)29-25/h2-7,11,14,29,31H,8-10,12-13H2,1H3. The fraction of sp³-hybridized carbons (Fsp3) is 0.280. The van der Waals surface area contributed by atoms with Gasteiger partial charge in [0.25, 0.3) is 0 Å². The third-order valence-corrected chi connectivity index (χ3v) is 6.07. The fourth-order valence-corrected chi connectivity index (χ4v) is 4.57. The largest absolute Gasteiger partial charge is 0.393 e. The molecule has 164 valence electrons. The number of fused-ring (bicyclic) bond motifs is 5. The van der Waals surface area contributed by atoms with Gasteiger partial charge in [-0.15, -0.1) is 0 Å². The summed E-state index contributed by atoms with van der Waals surface area (Å²) >= 11 is 0. The van der Waals surface area contributed by atoms with Gasteiger partial charge in [-0.3, -0.25) is 9.78 Å². The summed E-state index contributed by atoms with van der Waals surface area (Å²) in [5, 5.41) is 11.8. The lowest BCUT2D eigenvalue weighted by Crippen LogP contribution is -2.38. The highest BCUT2D eigenvalue weighted by atomic mass is 19.2. The molecule has 0 saturated carbocycles. The zero-order valence-electron chi connectivity index (χ0n) is 17.7. The number of hydrogen-bond donors (Lipinski definition) is 2. The minimum Gasteiger partial charge on any atom is -0.393 e. The number of aliphatic hydroxyl groups excluding tert-OH is 1. The summed E-state index contributed by atoms with van der Waals surface area (Å²) in [4.78, 5) is 22.6. The van der Waals surface area contributed by atoms with Crippen LogP contribution in [0.4, 0.5) is 8.78 Å². The molecule has 0 spiro atoms. The predicted molar refractivity (Wildman–Crippen MR) is 118 cm³/mol. The molecule has 3 heterocycles. The third kappa shape index (κ3) is 3.62. The Labute approximate surface area is 183 Å². The molecule has 1 atom stereocenters. The molecule has 0 bridgehead atoms. The van der Waals surface area contributed by atoms with Gasteiger partial charge in [-0.1, -0.05) is 24.3 Å². The number of aromatic nitrogens is 2. The van der Waals surface area contributed by atoms with Crippen molar-refractivity contribution in [2.75, 3.05) is 6.54 Å². The van der Waals surface area contributed by atoms with E-state index in [0.717, 1.165) is 44.8 Å². The second kappa shape index (κ2) is 7.98. The van der Waals surface area contributed by atoms with Gasteiger partial charge in [0.1, 0.15) is 0 Å². The second-order valence-corrected chi connectivity index (χ2v) is 8.45. The zero-order chi connectivity index (χ0) is 22.4. The van der Waals surface area contributed by atoms with Crippen LogP contribution in [0, 0.1) is 11.6 Å². The van der Waals surface area contributed by atoms with Crippen molar-refractivity contribution >= 4 is 27.7 Å². The van der Waals surface area contributed by atoms with Crippen molar-refractivity contribution in [1.82, 2.24) is 14.9 Å². The molecule has 2 aromatic carbocycles. The van der Waals surface area contributed by atoms with E-state index in [4.69, 9.17) is 4.98 Å². The van der Waals surface area contributed by atoms with Crippen molar-refractivity contribution in [3.63, 3.8) is 0 Å². The highest BCUT2D eigenvalue weighted by Crippen LogP contribution is 2.35. The lowest BCUT2D eigenvalue weighted by molar-refractivity contribution is -0.134. The number of aliphatic hydroxyl groups is 1. The molecule has 5 nitrogen and oxygen atoms in total. The summed E-state index contributed by atoms with van der Waals surface area (Å²) in [6.45, 7) is 2.53. The number of aromatic amines is 1. The van der Waals surface area contributed by atoms with Crippen LogP contribution in [0.25, 0.3) is 21.8 Å². The summed E-state index contributed by atoms with van der Waals surface area (Å²) in [6, 6.07) is 11.9. The first kappa shape index (κ1) is 20.6. The molecule has 0 saturated heterocycles. The smallest absolute Gasteiger partial charge is 0.225 e. The Morgan fingerprint density at radius 2 is 2.03 bits per heavy atom. The van der Waals surface area contributed by atoms with Crippen LogP contribution in [0.2, 0.25) is 0 Å². The highest BCUT2D eigenvalue weighted by Gasteiger charge is 2.27. The molecule has 0 fully saturated rings. The molecular formula is C25H23F2N3O2. The molecule has 1 amide bonds. The first-order chi connectivity index (χ1) is 15.4. The van der Waals surface area contributed by atoms with Gasteiger partial charge in [-0.2, -0.15) is 0 Å². The van der Waals surface area contributed by atoms with E-state index in [-0.39, 0.29) is 12.3 Å². The molecule has 4 aromatic rings. The van der Waals surface area contributed by atoms with Crippen LogP contribution in [0.15, 0.2) is 42.5 Å². The number of benzene rings is 2. The molecule has 1 aliphatic rings. The van der Waals surface area contributed by atoms with Gasteiger partial charge >= 0.3 is 0 Å². The molecule has 32 heavy (non-hydrogen) atoms. The van der Waals surface area contributed by atoms with E-state index in [1.54, 1.807) is 17.9 Å². The van der Waals surface area contributed by atoms with Crippen LogP contribution in [0.3, 0.4) is 0 Å². The van der Waals surface area contributed by atoms with Crippen molar-refractivity contribution < 1.29 is 18.7 Å². The Morgan fingerprint density at radius 3 is 2.81 bits per heavy atom. The van der Waals surface area contributed by atoms with Crippen LogP contribution >= 0.6 is 0 Å². The molecular weight excluding hydrogens is 412 g/mol. The van der Waals surface area contributed by atoms with Crippen molar-refractivity contribution in [1.29, 1.82) is 0 Å². The van der Waals surface area contributed by atoms with E-state index >= 15 is 0 Å². The van der Waals surface area contributed by atoms with Gasteiger partial charge in [-0.05, 0) is 42.7 Å². The maximum absolute atomic E-state index is 13.8. The third-order valence-electron chi connectivity index (χ3n) is 6.07. The van der Waals surface area contributed by atoms with Crippen LogP contribution in [0.5, 0.6) is 0 Å². The Hall–Kier alpha value is -3.32. The van der Waals surface area contributed by atoms with Crippen LogP contribution < -0.4 is 0 Å². The van der Waals surface area contributed by atoms with Gasteiger partial charge in [-0.25, -0.2) is 8.78 Å². The summed E-state index contributed by atoms with van der Waals surface area (Å²) < 4.78 is 27.2. The minimum absolute atomic E-state index is 0.0758. The first-order valence-corrected chi connectivity index (χ1v) is 10.7. The molecule has 1 aliphatic heterocycles. The summed E-state index contributed by atoms with van der Waals surface area (Å²) in [5.74, 6) is -1.87. The lowest BCUT2D eigenvalue weighted by atomic mass is 9.96. The molecule has 0 radical (unpaired) electrons. The van der Waals surface area contributed by atoms with E-state index in [0.29, 0.717) is 31.5 Å². The van der Waals surface area contributed by atoms with E-state index in [9.17, 15) is 18.7 Å². The molecule has 1 unspecified atom stereocenters. The monoisotopic (exact) mass is 435 g/mol. The van der Waals surface area contributed by atoms with Crippen molar-refractivity contribution in [2.24, 2.45) is 0 Å². The van der Waals surface area contributed by atoms with E-state index in [1.165, 1.54) is 6.07 Å². The van der Waals surface area contributed by atoms with Gasteiger partial charge in [0.15, 0.2) is 11.6 Å². The number of carbonyl (C=O) groups is 1. The summed E-state index contributed by atoms with van der Waals surface area (Å²) in [7, 11) is 0. The molecule has 2 aromatic heterocycles. The molecule has 7 heteroatoms. The number of nitrogens with zero attached hydrogens (tertiary/aromatic N) is 2. The number of carbonyl (C=O) groups excluding carboxylic acids is 1. The van der Waals surface area contributed by atoms with E-state index in [1.807, 2.05) is 18.2 Å². The summed E-state index contributed by atoms with van der Waals surface area (Å²) in [6.07, 6.45) is 0.372. The van der Waals surface area contributed by atoms with Crippen LogP contribution in [-0.2, 0) is 24.2 Å². The maximum atomic E-state index is 13.8. The van der Waals surface area contributed by atoms with Crippen molar-refractivity contribution in [3.8, 4) is 0 Å². The average Bonchev–Trinajstić information content (AvgIpc) is 3.16. The Balaban J connectivity index is 1.63. The predicted octanol–water partition coefficient (Wildman–Crippen LogP) is 4.24. The van der Waals surface area contributed by atoms with Gasteiger partial charge in [0.05, 0.1) is 36.0 Å². The van der Waals surface area contributed by atoms with Gasteiger partial charge in [0.2, 0.25) is 5.91 Å². The number of amides is 1. The first-order valence-electron chi connectivity index (χ1n) is 10.7. The number of hydrogen-bond acceptors (Lipinski definition) is 3. The Morgan fingerprint density at radius 1 is 1.22 bits per heavy atom. The normalized spacial score (nSPS) is 14.7. The zero-order valence-corrected chi connectivity index (χ0v) is 17.7. The molecule has 5 rings (SSSR count). The number of rotatable bonds is 4. The fourth-order valence-electron chi connectivity index (χ4n) is 4.57.